The summed E-state index contributed by atoms with van der Waals surface area (Å²) in [4.78, 5) is 29.1. The summed E-state index contributed by atoms with van der Waals surface area (Å²) in [5, 5.41) is 13.8. The van der Waals surface area contributed by atoms with E-state index in [-0.39, 0.29) is 11.7 Å². The van der Waals surface area contributed by atoms with E-state index in [1.54, 1.807) is 17.0 Å². The van der Waals surface area contributed by atoms with Crippen LogP contribution in [0.15, 0.2) is 42.7 Å². The first-order valence-electron chi connectivity index (χ1n) is 8.73. The van der Waals surface area contributed by atoms with Gasteiger partial charge in [-0.1, -0.05) is 12.1 Å². The van der Waals surface area contributed by atoms with E-state index < -0.39 is 4.92 Å². The third kappa shape index (κ3) is 3.33. The van der Waals surface area contributed by atoms with Gasteiger partial charge < -0.3 is 14.6 Å². The van der Waals surface area contributed by atoms with Crippen molar-refractivity contribution < 1.29 is 9.72 Å². The van der Waals surface area contributed by atoms with Crippen molar-refractivity contribution in [3.63, 3.8) is 0 Å². The number of nitro benzene ring substituents is 1. The first-order chi connectivity index (χ1) is 13.0. The smallest absolute Gasteiger partial charge is 0.318 e. The van der Waals surface area contributed by atoms with E-state index in [0.717, 1.165) is 28.0 Å². The number of rotatable bonds is 4. The molecule has 27 heavy (non-hydrogen) atoms. The highest BCUT2D eigenvalue weighted by Crippen LogP contribution is 2.26. The van der Waals surface area contributed by atoms with Gasteiger partial charge >= 0.3 is 6.03 Å². The highest BCUT2D eigenvalue weighted by molar-refractivity contribution is 5.75. The topological polar surface area (TPSA) is 92.8 Å². The molecule has 0 bridgehead atoms. The van der Waals surface area contributed by atoms with Crippen LogP contribution >= 0.6 is 0 Å². The minimum Gasteiger partial charge on any atom is -0.338 e. The molecule has 1 aliphatic heterocycles. The molecule has 3 aromatic rings. The summed E-state index contributed by atoms with van der Waals surface area (Å²) < 4.78 is 1.98. The number of amides is 2. The second-order valence-electron chi connectivity index (χ2n) is 6.70. The van der Waals surface area contributed by atoms with E-state index in [1.165, 1.54) is 6.07 Å². The first-order valence-corrected chi connectivity index (χ1v) is 8.73. The molecule has 0 saturated heterocycles. The first kappa shape index (κ1) is 17.0. The molecule has 0 radical (unpaired) electrons. The maximum absolute atomic E-state index is 12.4. The molecule has 2 aromatic heterocycles. The number of nitrogens with one attached hydrogen (secondary N) is 1. The van der Waals surface area contributed by atoms with Crippen LogP contribution in [0.4, 0.5) is 10.5 Å². The molecule has 1 N–H and O–H groups in total. The van der Waals surface area contributed by atoms with Crippen molar-refractivity contribution in [2.24, 2.45) is 0 Å². The summed E-state index contributed by atoms with van der Waals surface area (Å²) in [5.41, 5.74) is 4.79. The van der Waals surface area contributed by atoms with E-state index in [1.807, 2.05) is 35.9 Å². The number of hydrogen-bond donors (Lipinski definition) is 1. The molecule has 0 unspecified atom stereocenters. The van der Waals surface area contributed by atoms with E-state index in [0.29, 0.717) is 26.1 Å². The van der Waals surface area contributed by atoms with Gasteiger partial charge in [0, 0.05) is 50.6 Å². The SMILES string of the molecule is Cc1cccn2cc(CCNC(=O)N3Cc4ccc([N+](=O)[O-])cc4C3)nc12. The maximum Gasteiger partial charge on any atom is 0.318 e. The Morgan fingerprint density at radius 1 is 1.30 bits per heavy atom. The van der Waals surface area contributed by atoms with Gasteiger partial charge in [-0.25, -0.2) is 9.78 Å². The number of aromatic nitrogens is 2. The van der Waals surface area contributed by atoms with E-state index in [4.69, 9.17) is 0 Å². The fourth-order valence-electron chi connectivity index (χ4n) is 3.37. The third-order valence-corrected chi connectivity index (χ3v) is 4.80. The molecule has 2 amide bonds. The molecule has 4 rings (SSSR count). The number of aryl methyl sites for hydroxylation is 1. The molecule has 138 valence electrons. The van der Waals surface area contributed by atoms with Crippen LogP contribution in [0.3, 0.4) is 0 Å². The molecule has 0 aliphatic carbocycles. The van der Waals surface area contributed by atoms with Gasteiger partial charge in [0.2, 0.25) is 0 Å². The Morgan fingerprint density at radius 2 is 2.11 bits per heavy atom. The van der Waals surface area contributed by atoms with Crippen LogP contribution < -0.4 is 5.32 Å². The minimum absolute atomic E-state index is 0.0538. The predicted molar refractivity (Wildman–Crippen MR) is 99.4 cm³/mol. The van der Waals surface area contributed by atoms with Crippen LogP contribution in [0.5, 0.6) is 0 Å². The molecular formula is C19H19N5O3. The van der Waals surface area contributed by atoms with Crippen molar-refractivity contribution in [3.8, 4) is 0 Å². The number of urea groups is 1. The average Bonchev–Trinajstić information content (AvgIpc) is 3.25. The normalized spacial score (nSPS) is 13.0. The summed E-state index contributed by atoms with van der Waals surface area (Å²) >= 11 is 0. The van der Waals surface area contributed by atoms with Crippen LogP contribution in [0.2, 0.25) is 0 Å². The van der Waals surface area contributed by atoms with E-state index >= 15 is 0 Å². The fourth-order valence-corrected chi connectivity index (χ4v) is 3.37. The van der Waals surface area contributed by atoms with Gasteiger partial charge in [-0.3, -0.25) is 10.1 Å². The summed E-state index contributed by atoms with van der Waals surface area (Å²) in [6.07, 6.45) is 4.57. The second-order valence-corrected chi connectivity index (χ2v) is 6.70. The van der Waals surface area contributed by atoms with Crippen LogP contribution in [0.25, 0.3) is 5.65 Å². The van der Waals surface area contributed by atoms with Gasteiger partial charge in [0.15, 0.2) is 0 Å². The van der Waals surface area contributed by atoms with Crippen molar-refractivity contribution in [2.75, 3.05) is 6.54 Å². The molecule has 0 saturated carbocycles. The summed E-state index contributed by atoms with van der Waals surface area (Å²) in [6.45, 7) is 3.35. The Morgan fingerprint density at radius 3 is 2.89 bits per heavy atom. The number of pyridine rings is 1. The van der Waals surface area contributed by atoms with Crippen LogP contribution in [-0.2, 0) is 19.5 Å². The Hall–Kier alpha value is -3.42. The maximum atomic E-state index is 12.4. The number of benzene rings is 1. The van der Waals surface area contributed by atoms with E-state index in [2.05, 4.69) is 10.3 Å². The van der Waals surface area contributed by atoms with E-state index in [9.17, 15) is 14.9 Å². The van der Waals surface area contributed by atoms with Crippen molar-refractivity contribution >= 4 is 17.4 Å². The number of hydrogen-bond acceptors (Lipinski definition) is 4. The molecule has 1 aromatic carbocycles. The number of nitro groups is 1. The van der Waals surface area contributed by atoms with Gasteiger partial charge in [-0.05, 0) is 29.7 Å². The van der Waals surface area contributed by atoms with Crippen molar-refractivity contribution in [1.29, 1.82) is 0 Å². The molecular weight excluding hydrogens is 346 g/mol. The lowest BCUT2D eigenvalue weighted by atomic mass is 10.1. The Balaban J connectivity index is 1.34. The Labute approximate surface area is 155 Å². The van der Waals surface area contributed by atoms with Crippen molar-refractivity contribution in [2.45, 2.75) is 26.4 Å². The highest BCUT2D eigenvalue weighted by atomic mass is 16.6. The van der Waals surface area contributed by atoms with Crippen molar-refractivity contribution in [1.82, 2.24) is 19.6 Å². The summed E-state index contributed by atoms with van der Waals surface area (Å²) in [6, 6.07) is 8.56. The lowest BCUT2D eigenvalue weighted by molar-refractivity contribution is -0.384. The van der Waals surface area contributed by atoms with Gasteiger partial charge in [-0.2, -0.15) is 0 Å². The number of imidazole rings is 1. The lowest BCUT2D eigenvalue weighted by Gasteiger charge is -2.16. The van der Waals surface area contributed by atoms with Gasteiger partial charge in [0.1, 0.15) is 5.65 Å². The quantitative estimate of drug-likeness (QED) is 0.568. The zero-order valence-corrected chi connectivity index (χ0v) is 14.9. The number of non-ortho nitro benzene ring substituents is 1. The number of fused-ring (bicyclic) bond motifs is 2. The molecule has 0 fully saturated rings. The summed E-state index contributed by atoms with van der Waals surface area (Å²) in [5.74, 6) is 0. The molecule has 0 atom stereocenters. The van der Waals surface area contributed by atoms with Crippen LogP contribution in [-0.4, -0.2) is 31.8 Å². The number of carbonyl (C=O) groups is 1. The summed E-state index contributed by atoms with van der Waals surface area (Å²) in [7, 11) is 0. The predicted octanol–water partition coefficient (Wildman–Crippen LogP) is 2.82. The lowest BCUT2D eigenvalue weighted by Crippen LogP contribution is -2.37. The second kappa shape index (κ2) is 6.71. The standard InChI is InChI=1S/C19H19N5O3/c1-13-3-2-8-22-12-16(21-18(13)22)6-7-20-19(25)23-10-14-4-5-17(24(26)27)9-15(14)11-23/h2-5,8-9,12H,6-7,10-11H2,1H3,(H,20,25). The Kier molecular flexibility index (Phi) is 4.23. The molecule has 8 nitrogen and oxygen atoms in total. The zero-order chi connectivity index (χ0) is 19.0. The monoisotopic (exact) mass is 365 g/mol. The Bertz CT molecular complexity index is 1040. The van der Waals surface area contributed by atoms with Gasteiger partial charge in [0.25, 0.3) is 5.69 Å². The van der Waals surface area contributed by atoms with Crippen LogP contribution in [0, 0.1) is 17.0 Å². The molecule has 8 heteroatoms. The molecule has 1 aliphatic rings. The fraction of sp³-hybridized carbons (Fsp3) is 0.263. The minimum atomic E-state index is -0.417. The number of nitrogens with zero attached hydrogens (tertiary/aromatic N) is 4. The average molecular weight is 365 g/mol. The highest BCUT2D eigenvalue weighted by Gasteiger charge is 2.24. The number of carbonyl (C=O) groups excluding carboxylic acids is 1. The van der Waals surface area contributed by atoms with Crippen molar-refractivity contribution in [3.05, 3.63) is 75.2 Å². The van der Waals surface area contributed by atoms with Gasteiger partial charge in [-0.15, -0.1) is 0 Å². The molecule has 3 heterocycles. The largest absolute Gasteiger partial charge is 0.338 e. The van der Waals surface area contributed by atoms with Gasteiger partial charge in [0.05, 0.1) is 10.6 Å². The molecule has 0 spiro atoms. The van der Waals surface area contributed by atoms with Crippen LogP contribution in [0.1, 0.15) is 22.4 Å². The zero-order valence-electron chi connectivity index (χ0n) is 14.9. The third-order valence-electron chi connectivity index (χ3n) is 4.80.